The van der Waals surface area contributed by atoms with Gasteiger partial charge in [0.2, 0.25) is 0 Å². The summed E-state index contributed by atoms with van der Waals surface area (Å²) in [6.07, 6.45) is 0. The molecule has 0 aliphatic heterocycles. The van der Waals surface area contributed by atoms with Crippen LogP contribution in [-0.2, 0) is 7.05 Å². The first-order valence-corrected chi connectivity index (χ1v) is 8.35. The number of carbonyl (C=O) groups is 1. The molecule has 1 heterocycles. The van der Waals surface area contributed by atoms with Gasteiger partial charge in [0.15, 0.2) is 0 Å². The highest BCUT2D eigenvalue weighted by Gasteiger charge is 2.20. The zero-order chi connectivity index (χ0) is 19.6. The lowest BCUT2D eigenvalue weighted by atomic mass is 10.1. The zero-order valence-electron chi connectivity index (χ0n) is 15.6. The summed E-state index contributed by atoms with van der Waals surface area (Å²) in [5, 5.41) is 2.72. The molecular weight excluding hydrogens is 346 g/mol. The monoisotopic (exact) mass is 367 g/mol. The highest BCUT2D eigenvalue weighted by Crippen LogP contribution is 2.25. The van der Waals surface area contributed by atoms with Crippen LogP contribution in [0.5, 0.6) is 11.5 Å². The van der Waals surface area contributed by atoms with Gasteiger partial charge in [0.1, 0.15) is 17.2 Å². The Kier molecular flexibility index (Phi) is 5.03. The van der Waals surface area contributed by atoms with Crippen LogP contribution < -0.4 is 20.3 Å². The van der Waals surface area contributed by atoms with Crippen LogP contribution >= 0.6 is 0 Å². The summed E-state index contributed by atoms with van der Waals surface area (Å²) in [5.74, 6) is 0.509. The summed E-state index contributed by atoms with van der Waals surface area (Å²) in [6, 6.07) is 14.1. The molecule has 0 spiro atoms. The summed E-state index contributed by atoms with van der Waals surface area (Å²) >= 11 is 0. The van der Waals surface area contributed by atoms with E-state index in [0.29, 0.717) is 22.8 Å². The average Bonchev–Trinajstić information content (AvgIpc) is 2.91. The average molecular weight is 367 g/mol. The summed E-state index contributed by atoms with van der Waals surface area (Å²) in [6.45, 7) is 1.78. The standard InChI is InChI=1S/C20H21N3O4/c1-13-18(20(25)23(22(13)2)14-8-6-5-7-9-14)21-19(24)16-11-10-15(26-3)12-17(16)27-4/h5-12H,1-4H3,(H,21,24). The Hall–Kier alpha value is -3.48. The van der Waals surface area contributed by atoms with Crippen LogP contribution in [0, 0.1) is 6.92 Å². The van der Waals surface area contributed by atoms with E-state index in [9.17, 15) is 9.59 Å². The lowest BCUT2D eigenvalue weighted by Gasteiger charge is -2.10. The molecule has 0 fully saturated rings. The molecule has 0 saturated heterocycles. The molecule has 0 bridgehead atoms. The third-order valence-corrected chi connectivity index (χ3v) is 4.45. The van der Waals surface area contributed by atoms with Gasteiger partial charge in [-0.2, -0.15) is 0 Å². The Morgan fingerprint density at radius 2 is 1.74 bits per heavy atom. The van der Waals surface area contributed by atoms with E-state index in [1.54, 1.807) is 36.9 Å². The van der Waals surface area contributed by atoms with Crippen molar-refractivity contribution < 1.29 is 14.3 Å². The second kappa shape index (κ2) is 7.41. The molecule has 0 radical (unpaired) electrons. The summed E-state index contributed by atoms with van der Waals surface area (Å²) in [5.41, 5.74) is 1.60. The van der Waals surface area contributed by atoms with Gasteiger partial charge in [-0.3, -0.25) is 14.3 Å². The van der Waals surface area contributed by atoms with Crippen LogP contribution in [0.2, 0.25) is 0 Å². The number of aromatic nitrogens is 2. The van der Waals surface area contributed by atoms with E-state index in [0.717, 1.165) is 5.69 Å². The van der Waals surface area contributed by atoms with Crippen LogP contribution in [-0.4, -0.2) is 29.5 Å². The van der Waals surface area contributed by atoms with Gasteiger partial charge in [-0.1, -0.05) is 18.2 Å². The number of rotatable bonds is 5. The molecule has 0 atom stereocenters. The van der Waals surface area contributed by atoms with Gasteiger partial charge in [0.25, 0.3) is 11.5 Å². The van der Waals surface area contributed by atoms with Gasteiger partial charge in [-0.05, 0) is 31.2 Å². The Balaban J connectivity index is 2.00. The number of hydrogen-bond donors (Lipinski definition) is 1. The number of benzene rings is 2. The first kappa shape index (κ1) is 18.3. The Bertz CT molecular complexity index is 1040. The van der Waals surface area contributed by atoms with E-state index in [1.165, 1.54) is 18.9 Å². The molecular formula is C20H21N3O4. The number of amides is 1. The molecule has 1 aromatic heterocycles. The quantitative estimate of drug-likeness (QED) is 0.752. The second-order valence-electron chi connectivity index (χ2n) is 5.96. The van der Waals surface area contributed by atoms with E-state index < -0.39 is 5.91 Å². The van der Waals surface area contributed by atoms with E-state index in [4.69, 9.17) is 9.47 Å². The molecule has 27 heavy (non-hydrogen) atoms. The second-order valence-corrected chi connectivity index (χ2v) is 5.96. The van der Waals surface area contributed by atoms with E-state index in [-0.39, 0.29) is 11.2 Å². The van der Waals surface area contributed by atoms with Crippen molar-refractivity contribution in [3.8, 4) is 17.2 Å². The van der Waals surface area contributed by atoms with E-state index >= 15 is 0 Å². The molecule has 0 aliphatic rings. The third-order valence-electron chi connectivity index (χ3n) is 4.45. The van der Waals surface area contributed by atoms with Gasteiger partial charge >= 0.3 is 0 Å². The van der Waals surface area contributed by atoms with Crippen molar-refractivity contribution >= 4 is 11.6 Å². The molecule has 7 nitrogen and oxygen atoms in total. The minimum absolute atomic E-state index is 0.226. The van der Waals surface area contributed by atoms with Crippen molar-refractivity contribution in [3.05, 3.63) is 70.1 Å². The Labute approximate surface area is 156 Å². The predicted octanol–water partition coefficient (Wildman–Crippen LogP) is 2.75. The summed E-state index contributed by atoms with van der Waals surface area (Å²) in [4.78, 5) is 25.7. The molecule has 140 valence electrons. The maximum absolute atomic E-state index is 12.9. The molecule has 3 rings (SSSR count). The lowest BCUT2D eigenvalue weighted by molar-refractivity contribution is 0.102. The molecule has 0 unspecified atom stereocenters. The fourth-order valence-corrected chi connectivity index (χ4v) is 2.88. The number of hydrogen-bond acceptors (Lipinski definition) is 4. The fourth-order valence-electron chi connectivity index (χ4n) is 2.88. The minimum Gasteiger partial charge on any atom is -0.497 e. The van der Waals surface area contributed by atoms with Crippen molar-refractivity contribution in [2.24, 2.45) is 7.05 Å². The molecule has 0 saturated carbocycles. The SMILES string of the molecule is COc1ccc(C(=O)Nc2c(C)n(C)n(-c3ccccc3)c2=O)c(OC)c1. The molecule has 3 aromatic rings. The van der Waals surface area contributed by atoms with Crippen LogP contribution in [0.4, 0.5) is 5.69 Å². The maximum atomic E-state index is 12.9. The molecule has 1 amide bonds. The van der Waals surface area contributed by atoms with Crippen LogP contribution in [0.25, 0.3) is 5.69 Å². The summed E-state index contributed by atoms with van der Waals surface area (Å²) < 4.78 is 13.6. The number of para-hydroxylation sites is 1. The molecule has 2 aromatic carbocycles. The van der Waals surface area contributed by atoms with E-state index in [1.807, 2.05) is 30.3 Å². The smallest absolute Gasteiger partial charge is 0.295 e. The Morgan fingerprint density at radius 1 is 1.04 bits per heavy atom. The molecule has 7 heteroatoms. The normalized spacial score (nSPS) is 10.5. The highest BCUT2D eigenvalue weighted by atomic mass is 16.5. The molecule has 0 aliphatic carbocycles. The third kappa shape index (κ3) is 3.31. The van der Waals surface area contributed by atoms with E-state index in [2.05, 4.69) is 5.32 Å². The zero-order valence-corrected chi connectivity index (χ0v) is 15.6. The van der Waals surface area contributed by atoms with Gasteiger partial charge < -0.3 is 14.8 Å². The minimum atomic E-state index is -0.430. The largest absolute Gasteiger partial charge is 0.497 e. The van der Waals surface area contributed by atoms with Crippen molar-refractivity contribution in [2.75, 3.05) is 19.5 Å². The number of carbonyl (C=O) groups excluding carboxylic acids is 1. The van der Waals surface area contributed by atoms with Crippen LogP contribution in [0.15, 0.2) is 53.3 Å². The first-order chi connectivity index (χ1) is 13.0. The highest BCUT2D eigenvalue weighted by molar-refractivity contribution is 6.06. The van der Waals surface area contributed by atoms with Gasteiger partial charge in [0.05, 0.1) is 31.2 Å². The van der Waals surface area contributed by atoms with Gasteiger partial charge in [0, 0.05) is 13.1 Å². The molecule has 1 N–H and O–H groups in total. The van der Waals surface area contributed by atoms with Crippen LogP contribution in [0.1, 0.15) is 16.1 Å². The lowest BCUT2D eigenvalue weighted by Crippen LogP contribution is -2.23. The topological polar surface area (TPSA) is 74.5 Å². The number of methoxy groups -OCH3 is 2. The van der Waals surface area contributed by atoms with Gasteiger partial charge in [-0.15, -0.1) is 0 Å². The van der Waals surface area contributed by atoms with Crippen molar-refractivity contribution in [3.63, 3.8) is 0 Å². The van der Waals surface area contributed by atoms with Crippen molar-refractivity contribution in [1.82, 2.24) is 9.36 Å². The number of nitrogens with one attached hydrogen (secondary N) is 1. The fraction of sp³-hybridized carbons (Fsp3) is 0.200. The van der Waals surface area contributed by atoms with Crippen LogP contribution in [0.3, 0.4) is 0 Å². The number of anilines is 1. The first-order valence-electron chi connectivity index (χ1n) is 8.35. The van der Waals surface area contributed by atoms with Gasteiger partial charge in [-0.25, -0.2) is 4.68 Å². The number of nitrogens with zero attached hydrogens (tertiary/aromatic N) is 2. The van der Waals surface area contributed by atoms with Crippen molar-refractivity contribution in [2.45, 2.75) is 6.92 Å². The number of ether oxygens (including phenoxy) is 2. The Morgan fingerprint density at radius 3 is 2.37 bits per heavy atom. The maximum Gasteiger partial charge on any atom is 0.295 e. The van der Waals surface area contributed by atoms with Crippen molar-refractivity contribution in [1.29, 1.82) is 0 Å². The summed E-state index contributed by atoms with van der Waals surface area (Å²) in [7, 11) is 4.78. The predicted molar refractivity (Wildman–Crippen MR) is 103 cm³/mol.